The first-order chi connectivity index (χ1) is 23.5. The van der Waals surface area contributed by atoms with E-state index >= 15 is 0 Å². The molecule has 6 aliphatic carbocycles. The third-order valence-corrected chi connectivity index (χ3v) is 15.0. The minimum absolute atomic E-state index is 0.0104. The minimum Gasteiger partial charge on any atom is -0.459 e. The number of non-ortho nitro benzene ring substituents is 2. The van der Waals surface area contributed by atoms with Gasteiger partial charge >= 0.3 is 17.9 Å². The summed E-state index contributed by atoms with van der Waals surface area (Å²) >= 11 is 0. The van der Waals surface area contributed by atoms with E-state index in [9.17, 15) is 34.6 Å². The number of hydrogen-bond donors (Lipinski definition) is 0. The maximum absolute atomic E-state index is 13.9. The zero-order valence-electron chi connectivity index (χ0n) is 29.8. The van der Waals surface area contributed by atoms with Crippen molar-refractivity contribution in [2.45, 2.75) is 92.6 Å². The second-order valence-electron chi connectivity index (χ2n) is 17.2. The van der Waals surface area contributed by atoms with Crippen LogP contribution in [0.4, 0.5) is 11.4 Å². The fourth-order valence-corrected chi connectivity index (χ4v) is 12.4. The Morgan fingerprint density at radius 2 is 1.54 bits per heavy atom. The van der Waals surface area contributed by atoms with E-state index in [2.05, 4.69) is 65.8 Å². The molecule has 8 rings (SSSR count). The van der Waals surface area contributed by atoms with Crippen molar-refractivity contribution in [3.63, 3.8) is 0 Å². The van der Waals surface area contributed by atoms with Crippen molar-refractivity contribution in [3.05, 3.63) is 68.3 Å². The van der Waals surface area contributed by atoms with Gasteiger partial charge in [0, 0.05) is 23.0 Å². The van der Waals surface area contributed by atoms with Crippen LogP contribution >= 0.6 is 0 Å². The fraction of sp³-hybridized carbons (Fsp3) is 0.667. The Hall–Kier alpha value is -3.89. The first-order valence-corrected chi connectivity index (χ1v) is 18.3. The van der Waals surface area contributed by atoms with Gasteiger partial charge in [0.05, 0.1) is 33.3 Å². The number of cyclic esters (lactones) is 2. The highest BCUT2D eigenvalue weighted by atomic mass is 16.6. The molecule has 0 amide bonds. The molecule has 2 bridgehead atoms. The highest BCUT2D eigenvalue weighted by Crippen LogP contribution is 2.82. The van der Waals surface area contributed by atoms with Crippen molar-refractivity contribution >= 4 is 29.3 Å². The number of esters is 3. The predicted octanol–water partition coefficient (Wildman–Crippen LogP) is 8.02. The van der Waals surface area contributed by atoms with Crippen molar-refractivity contribution in [2.75, 3.05) is 0 Å². The summed E-state index contributed by atoms with van der Waals surface area (Å²) in [5.41, 5.74) is -3.11. The maximum Gasteiger partial charge on any atom is 0.338 e. The number of hydrogen-bond acceptors (Lipinski definition) is 9. The maximum atomic E-state index is 13.9. The van der Waals surface area contributed by atoms with Gasteiger partial charge in [-0.05, 0) is 91.3 Å². The van der Waals surface area contributed by atoms with Gasteiger partial charge in [-0.1, -0.05) is 65.8 Å². The van der Waals surface area contributed by atoms with E-state index in [0.717, 1.165) is 43.9 Å². The third kappa shape index (κ3) is 4.63. The van der Waals surface area contributed by atoms with Crippen LogP contribution in [0, 0.1) is 89.2 Å². The molecule has 1 aromatic carbocycles. The predicted molar refractivity (Wildman–Crippen MR) is 182 cm³/mol. The molecule has 1 heterocycles. The van der Waals surface area contributed by atoms with Gasteiger partial charge in [0.2, 0.25) is 0 Å². The molecule has 7 aliphatic rings. The number of nitrogens with zero attached hydrogens (tertiary/aromatic N) is 2. The number of allylic oxidation sites excluding steroid dienone is 4. The molecule has 1 aliphatic heterocycles. The Morgan fingerprint density at radius 3 is 2.18 bits per heavy atom. The number of benzene rings is 1. The third-order valence-electron chi connectivity index (χ3n) is 15.0. The van der Waals surface area contributed by atoms with Crippen LogP contribution < -0.4 is 0 Å². The van der Waals surface area contributed by atoms with E-state index in [1.165, 1.54) is 0 Å². The van der Waals surface area contributed by atoms with Crippen LogP contribution in [0.1, 0.15) is 96.8 Å². The molecule has 12 atom stereocenters. The van der Waals surface area contributed by atoms with Crippen molar-refractivity contribution in [1.29, 1.82) is 0 Å². The summed E-state index contributed by atoms with van der Waals surface area (Å²) in [6.45, 7) is 13.8. The second-order valence-corrected chi connectivity index (χ2v) is 17.2. The molecule has 0 unspecified atom stereocenters. The lowest BCUT2D eigenvalue weighted by Gasteiger charge is -2.74. The molecule has 0 N–H and O–H groups in total. The molecule has 11 heteroatoms. The summed E-state index contributed by atoms with van der Waals surface area (Å²) in [6.07, 6.45) is 14.0. The average Bonchev–Trinajstić information content (AvgIpc) is 3.59. The monoisotopic (exact) mass is 688 g/mol. The van der Waals surface area contributed by atoms with Gasteiger partial charge in [0.1, 0.15) is 6.10 Å². The van der Waals surface area contributed by atoms with Gasteiger partial charge in [-0.15, -0.1) is 0 Å². The Kier molecular flexibility index (Phi) is 7.99. The molecule has 268 valence electrons. The second kappa shape index (κ2) is 11.6. The number of fused-ring (bicyclic) bond motifs is 1. The SMILES string of the molecule is CC(C)[C@@H](C)/C=C/[C@@H](C)[C@@H]1CC[C@@H]2[C@]1(C)CC[C@@H]1[C@@]23C=C[C@@]2(C[C@H](OC(=O)c4cc([N+](=O)[O-])cc([N+](=O)[O-])c4)CC[C@@]12C)[C@H]1C(=O)OC(=O)[C@@H]13. The van der Waals surface area contributed by atoms with E-state index in [1.54, 1.807) is 0 Å². The van der Waals surface area contributed by atoms with Gasteiger partial charge in [0.25, 0.3) is 11.4 Å². The number of carbonyl (C=O) groups is 3. The topological polar surface area (TPSA) is 156 Å². The summed E-state index contributed by atoms with van der Waals surface area (Å²) < 4.78 is 11.5. The van der Waals surface area contributed by atoms with E-state index in [1.807, 2.05) is 0 Å². The largest absolute Gasteiger partial charge is 0.459 e. The molecule has 50 heavy (non-hydrogen) atoms. The van der Waals surface area contributed by atoms with Crippen molar-refractivity contribution in [1.82, 2.24) is 0 Å². The van der Waals surface area contributed by atoms with E-state index in [4.69, 9.17) is 9.47 Å². The van der Waals surface area contributed by atoms with Crippen molar-refractivity contribution in [2.24, 2.45) is 69.0 Å². The molecule has 0 radical (unpaired) electrons. The molecule has 1 saturated heterocycles. The first kappa shape index (κ1) is 34.6. The van der Waals surface area contributed by atoms with Crippen molar-refractivity contribution < 1.29 is 33.7 Å². The molecule has 2 spiro atoms. The van der Waals surface area contributed by atoms with Gasteiger partial charge in [-0.3, -0.25) is 29.8 Å². The van der Waals surface area contributed by atoms with Crippen LogP contribution in [0.2, 0.25) is 0 Å². The minimum atomic E-state index is -0.898. The number of carbonyl (C=O) groups excluding carboxylic acids is 3. The molecule has 0 aromatic heterocycles. The molecular weight excluding hydrogens is 640 g/mol. The summed E-state index contributed by atoms with van der Waals surface area (Å²) in [7, 11) is 0. The quantitative estimate of drug-likeness (QED) is 0.0867. The number of ether oxygens (including phenoxy) is 2. The lowest BCUT2D eigenvalue weighted by molar-refractivity contribution is -0.394. The zero-order valence-corrected chi connectivity index (χ0v) is 29.8. The van der Waals surface area contributed by atoms with Gasteiger partial charge < -0.3 is 9.47 Å². The van der Waals surface area contributed by atoms with Gasteiger partial charge in [0.15, 0.2) is 0 Å². The molecular formula is C39H48N2O9. The van der Waals surface area contributed by atoms with Crippen LogP contribution in [-0.4, -0.2) is 33.9 Å². The Balaban J connectivity index is 1.23. The summed E-state index contributed by atoms with van der Waals surface area (Å²) in [6, 6.07) is 2.77. The molecule has 5 fully saturated rings. The number of nitro benzene ring substituents is 2. The van der Waals surface area contributed by atoms with Gasteiger partial charge in [-0.2, -0.15) is 0 Å². The van der Waals surface area contributed by atoms with Crippen molar-refractivity contribution in [3.8, 4) is 0 Å². The van der Waals surface area contributed by atoms with Gasteiger partial charge in [-0.25, -0.2) is 4.79 Å². The van der Waals surface area contributed by atoms with E-state index in [-0.39, 0.29) is 28.2 Å². The summed E-state index contributed by atoms with van der Waals surface area (Å²) in [4.78, 5) is 62.5. The summed E-state index contributed by atoms with van der Waals surface area (Å²) in [5.74, 6) is -0.897. The Labute approximate surface area is 292 Å². The Bertz CT molecular complexity index is 1700. The standard InChI is InChI=1S/C39H48N2O9/c1-21(2)22(3)7-8-23(4)28-9-10-29-36(28,5)13-12-30-37(6)14-11-27(49-33(42)24-17-25(40(45)46)19-26(18-24)41(47)48)20-38(37)15-16-39(29,30)32-31(38)34(43)50-35(32)44/h7-8,15-19,21-23,27-32H,9-14,20H2,1-6H3/b8-7+/t22-,23+,27+,28-,29+,30-,31+,32+,36+,37-,38+,39+/m0/s1. The lowest BCUT2D eigenvalue weighted by atomic mass is 9.28. The fourth-order valence-electron chi connectivity index (χ4n) is 12.4. The zero-order chi connectivity index (χ0) is 36.1. The molecule has 11 nitrogen and oxygen atoms in total. The average molecular weight is 689 g/mol. The van der Waals surface area contributed by atoms with E-state index in [0.29, 0.717) is 42.9 Å². The van der Waals surface area contributed by atoms with Crippen LogP contribution in [0.5, 0.6) is 0 Å². The van der Waals surface area contributed by atoms with Crippen LogP contribution in [0.25, 0.3) is 0 Å². The normalized spacial score (nSPS) is 40.9. The number of rotatable bonds is 8. The molecule has 4 saturated carbocycles. The summed E-state index contributed by atoms with van der Waals surface area (Å²) in [5, 5.41) is 22.9. The van der Waals surface area contributed by atoms with Crippen LogP contribution in [0.15, 0.2) is 42.5 Å². The number of nitro groups is 2. The van der Waals surface area contributed by atoms with Crippen LogP contribution in [0.3, 0.4) is 0 Å². The first-order valence-electron chi connectivity index (χ1n) is 18.3. The van der Waals surface area contributed by atoms with E-state index < -0.39 is 67.9 Å². The smallest absolute Gasteiger partial charge is 0.338 e. The Morgan fingerprint density at radius 1 is 0.880 bits per heavy atom. The highest BCUT2D eigenvalue weighted by Gasteiger charge is 2.81. The van der Waals surface area contributed by atoms with Crippen LogP contribution in [-0.2, 0) is 19.1 Å². The molecule has 1 aromatic rings. The highest BCUT2D eigenvalue weighted by molar-refractivity contribution is 5.99. The lowest BCUT2D eigenvalue weighted by Crippen LogP contribution is -2.72.